The van der Waals surface area contributed by atoms with Crippen LogP contribution in [0.3, 0.4) is 0 Å². The van der Waals surface area contributed by atoms with Crippen LogP contribution in [-0.2, 0) is 14.8 Å². The molecule has 0 aromatic heterocycles. The second-order valence-electron chi connectivity index (χ2n) is 5.65. The summed E-state index contributed by atoms with van der Waals surface area (Å²) in [6.07, 6.45) is 0. The molecule has 21 heavy (non-hydrogen) atoms. The molecule has 2 N–H and O–H groups in total. The van der Waals surface area contributed by atoms with Crippen LogP contribution in [0, 0.1) is 0 Å². The molecule has 0 atom stereocenters. The molecule has 0 fully saturated rings. The summed E-state index contributed by atoms with van der Waals surface area (Å²) in [5, 5.41) is 9.01. The summed E-state index contributed by atoms with van der Waals surface area (Å²) in [6.45, 7) is 7.58. The topological polar surface area (TPSA) is 86.7 Å². The van der Waals surface area contributed by atoms with Gasteiger partial charge in [-0.25, -0.2) is 13.1 Å². The largest absolute Gasteiger partial charge is 0.480 e. The zero-order valence-corrected chi connectivity index (χ0v) is 13.6. The molecular formula is C14H22N2O4S. The molecule has 0 saturated carbocycles. The number of sulfonamides is 1. The summed E-state index contributed by atoms with van der Waals surface area (Å²) in [4.78, 5) is 12.9. The van der Waals surface area contributed by atoms with Crippen LogP contribution in [0.15, 0.2) is 29.2 Å². The van der Waals surface area contributed by atoms with Crippen LogP contribution in [0.4, 0.5) is 5.69 Å². The Morgan fingerprint density at radius 2 is 1.76 bits per heavy atom. The monoisotopic (exact) mass is 314 g/mol. The molecule has 0 aliphatic rings. The number of aliphatic carboxylic acids is 1. The van der Waals surface area contributed by atoms with Crippen molar-refractivity contribution in [1.82, 2.24) is 4.72 Å². The van der Waals surface area contributed by atoms with Crippen molar-refractivity contribution < 1.29 is 18.3 Å². The van der Waals surface area contributed by atoms with E-state index in [1.165, 1.54) is 12.1 Å². The van der Waals surface area contributed by atoms with Crippen LogP contribution in [-0.4, -0.2) is 38.1 Å². The number of nitrogens with one attached hydrogen (secondary N) is 1. The number of anilines is 1. The first-order valence-electron chi connectivity index (χ1n) is 6.67. The van der Waals surface area contributed by atoms with E-state index in [4.69, 9.17) is 5.11 Å². The van der Waals surface area contributed by atoms with Crippen LogP contribution in [0.25, 0.3) is 0 Å². The molecule has 0 bridgehead atoms. The fourth-order valence-electron chi connectivity index (χ4n) is 1.93. The minimum Gasteiger partial charge on any atom is -0.480 e. The third kappa shape index (κ3) is 4.71. The van der Waals surface area contributed by atoms with Gasteiger partial charge in [0.1, 0.15) is 6.54 Å². The zero-order chi connectivity index (χ0) is 16.3. The Morgan fingerprint density at radius 3 is 2.14 bits per heavy atom. The summed E-state index contributed by atoms with van der Waals surface area (Å²) >= 11 is 0. The van der Waals surface area contributed by atoms with Crippen molar-refractivity contribution >= 4 is 21.7 Å². The molecule has 0 unspecified atom stereocenters. The zero-order valence-electron chi connectivity index (χ0n) is 12.8. The summed E-state index contributed by atoms with van der Waals surface area (Å²) in [7, 11) is -3.50. The minimum atomic E-state index is -3.50. The Hall–Kier alpha value is -1.60. The molecule has 118 valence electrons. The summed E-state index contributed by atoms with van der Waals surface area (Å²) in [5.74, 6) is -0.936. The average Bonchev–Trinajstić information content (AvgIpc) is 2.34. The lowest BCUT2D eigenvalue weighted by molar-refractivity contribution is -0.135. The number of benzene rings is 1. The van der Waals surface area contributed by atoms with E-state index >= 15 is 0 Å². The molecule has 0 amide bonds. The molecule has 0 saturated heterocycles. The summed E-state index contributed by atoms with van der Waals surface area (Å²) < 4.78 is 26.2. The molecule has 0 heterocycles. The van der Waals surface area contributed by atoms with Gasteiger partial charge < -0.3 is 10.0 Å². The molecule has 1 aromatic carbocycles. The number of carboxylic acid groups (broad SMARTS) is 1. The van der Waals surface area contributed by atoms with E-state index in [0.717, 1.165) is 0 Å². The maximum absolute atomic E-state index is 11.9. The second-order valence-corrected chi connectivity index (χ2v) is 7.41. The van der Waals surface area contributed by atoms with Crippen LogP contribution >= 0.6 is 0 Å². The van der Waals surface area contributed by atoms with E-state index in [9.17, 15) is 13.2 Å². The van der Waals surface area contributed by atoms with Gasteiger partial charge in [-0.15, -0.1) is 0 Å². The Balaban J connectivity index is 3.12. The smallest absolute Gasteiger partial charge is 0.323 e. The number of rotatable bonds is 6. The number of hydrogen-bond acceptors (Lipinski definition) is 4. The van der Waals surface area contributed by atoms with Gasteiger partial charge in [0.2, 0.25) is 10.0 Å². The van der Waals surface area contributed by atoms with Crippen molar-refractivity contribution in [3.63, 3.8) is 0 Å². The molecule has 1 rings (SSSR count). The van der Waals surface area contributed by atoms with Gasteiger partial charge >= 0.3 is 5.97 Å². The van der Waals surface area contributed by atoms with Gasteiger partial charge in [-0.2, -0.15) is 0 Å². The van der Waals surface area contributed by atoms with Gasteiger partial charge in [-0.1, -0.05) is 6.92 Å². The lowest BCUT2D eigenvalue weighted by Crippen LogP contribution is -2.44. The van der Waals surface area contributed by atoms with E-state index in [-0.39, 0.29) is 17.0 Å². The van der Waals surface area contributed by atoms with Crippen LogP contribution in [0.5, 0.6) is 0 Å². The first kappa shape index (κ1) is 17.5. The van der Waals surface area contributed by atoms with E-state index in [1.807, 2.05) is 20.8 Å². The molecular weight excluding hydrogens is 292 g/mol. The molecule has 7 heteroatoms. The van der Waals surface area contributed by atoms with Gasteiger partial charge in [-0.05, 0) is 45.0 Å². The Labute approximate surface area is 125 Å². The van der Waals surface area contributed by atoms with Crippen molar-refractivity contribution in [2.45, 2.75) is 38.1 Å². The predicted molar refractivity (Wildman–Crippen MR) is 82.0 cm³/mol. The predicted octanol–water partition coefficient (Wildman–Crippen LogP) is 1.67. The minimum absolute atomic E-state index is 0.150. The van der Waals surface area contributed by atoms with Gasteiger partial charge in [-0.3, -0.25) is 4.79 Å². The third-order valence-corrected chi connectivity index (χ3v) is 4.46. The van der Waals surface area contributed by atoms with Crippen molar-refractivity contribution in [3.8, 4) is 0 Å². The Kier molecular flexibility index (Phi) is 5.36. The van der Waals surface area contributed by atoms with Gasteiger partial charge in [0.25, 0.3) is 0 Å². The van der Waals surface area contributed by atoms with E-state index in [1.54, 1.807) is 24.0 Å². The second kappa shape index (κ2) is 6.44. The first-order chi connectivity index (χ1) is 9.58. The number of carbonyl (C=O) groups is 1. The van der Waals surface area contributed by atoms with E-state index in [0.29, 0.717) is 12.2 Å². The van der Waals surface area contributed by atoms with Crippen LogP contribution in [0.2, 0.25) is 0 Å². The van der Waals surface area contributed by atoms with Crippen molar-refractivity contribution in [2.24, 2.45) is 0 Å². The SMILES string of the molecule is CCNS(=O)(=O)c1ccc(N(CC(=O)O)C(C)(C)C)cc1. The van der Waals surface area contributed by atoms with Crippen molar-refractivity contribution in [2.75, 3.05) is 18.0 Å². The maximum Gasteiger partial charge on any atom is 0.323 e. The van der Waals surface area contributed by atoms with E-state index in [2.05, 4.69) is 4.72 Å². The Bertz CT molecular complexity index is 588. The van der Waals surface area contributed by atoms with Crippen LogP contribution in [0.1, 0.15) is 27.7 Å². The number of nitrogens with zero attached hydrogens (tertiary/aromatic N) is 1. The first-order valence-corrected chi connectivity index (χ1v) is 8.15. The lowest BCUT2D eigenvalue weighted by Gasteiger charge is -2.36. The van der Waals surface area contributed by atoms with Gasteiger partial charge in [0.15, 0.2) is 0 Å². The highest BCUT2D eigenvalue weighted by molar-refractivity contribution is 7.89. The standard InChI is InChI=1S/C14H22N2O4S/c1-5-15-21(19,20)12-8-6-11(7-9-12)16(10-13(17)18)14(2,3)4/h6-9,15H,5,10H2,1-4H3,(H,17,18). The number of carboxylic acids is 1. The average molecular weight is 314 g/mol. The molecule has 0 aliphatic carbocycles. The van der Waals surface area contributed by atoms with Gasteiger partial charge in [0.05, 0.1) is 4.90 Å². The molecule has 6 nitrogen and oxygen atoms in total. The summed E-state index contributed by atoms with van der Waals surface area (Å²) in [6, 6.07) is 6.21. The fraction of sp³-hybridized carbons (Fsp3) is 0.500. The highest BCUT2D eigenvalue weighted by Crippen LogP contribution is 2.24. The molecule has 0 aliphatic heterocycles. The Morgan fingerprint density at radius 1 is 1.24 bits per heavy atom. The highest BCUT2D eigenvalue weighted by Gasteiger charge is 2.24. The quantitative estimate of drug-likeness (QED) is 0.834. The molecule has 0 spiro atoms. The maximum atomic E-state index is 11.9. The molecule has 1 aromatic rings. The fourth-order valence-corrected chi connectivity index (χ4v) is 2.97. The summed E-state index contributed by atoms with van der Waals surface area (Å²) in [5.41, 5.74) is 0.279. The molecule has 0 radical (unpaired) electrons. The number of hydrogen-bond donors (Lipinski definition) is 2. The lowest BCUT2D eigenvalue weighted by atomic mass is 10.0. The van der Waals surface area contributed by atoms with Crippen molar-refractivity contribution in [3.05, 3.63) is 24.3 Å². The van der Waals surface area contributed by atoms with Crippen molar-refractivity contribution in [1.29, 1.82) is 0 Å². The normalized spacial score (nSPS) is 12.2. The van der Waals surface area contributed by atoms with E-state index < -0.39 is 16.0 Å². The third-order valence-electron chi connectivity index (χ3n) is 2.90. The highest BCUT2D eigenvalue weighted by atomic mass is 32.2. The van der Waals surface area contributed by atoms with Gasteiger partial charge in [0, 0.05) is 17.8 Å². The van der Waals surface area contributed by atoms with Crippen LogP contribution < -0.4 is 9.62 Å².